The molecule has 2 bridgehead atoms. The molecule has 3 saturated heterocycles. The average Bonchev–Trinajstić information content (AvgIpc) is 3.99. The number of aliphatic hydroxyl groups is 1. The molecule has 3 aliphatic heterocycles. The molecule has 76 heavy (non-hydrogen) atoms. The lowest BCUT2D eigenvalue weighted by Crippen LogP contribution is -2.60. The van der Waals surface area contributed by atoms with Crippen molar-refractivity contribution in [2.24, 2.45) is 40.9 Å². The van der Waals surface area contributed by atoms with Gasteiger partial charge in [-0.1, -0.05) is 105 Å². The number of benzene rings is 1. The lowest BCUT2D eigenvalue weighted by Gasteiger charge is -2.34. The summed E-state index contributed by atoms with van der Waals surface area (Å²) >= 11 is 0. The number of nitrogens with zero attached hydrogens (tertiary/aromatic N) is 2. The quantitative estimate of drug-likeness (QED) is 0.0752. The second-order valence-corrected chi connectivity index (χ2v) is 21.7. The number of cyclic esters (lactones) is 1. The molecule has 4 rings (SSSR count). The largest absolute Gasteiger partial charge is 0.460 e. The number of aliphatic hydroxyl groups excluding tert-OH is 1. The topological polar surface area (TPSA) is 335 Å². The Bertz CT molecular complexity index is 2150. The van der Waals surface area contributed by atoms with Crippen molar-refractivity contribution in [3.63, 3.8) is 0 Å². The third-order valence-corrected chi connectivity index (χ3v) is 15.0. The summed E-state index contributed by atoms with van der Waals surface area (Å²) < 4.78 is 6.03. The van der Waals surface area contributed by atoms with Crippen molar-refractivity contribution in [2.45, 2.75) is 193 Å². The Hall–Kier alpha value is -5.68. The summed E-state index contributed by atoms with van der Waals surface area (Å²) in [5, 5.41) is 31.2. The number of nitrogens with one attached hydrogen (secondary N) is 7. The average molecular weight is 1070 g/mol. The molecule has 3 aliphatic rings. The molecule has 426 valence electrons. The van der Waals surface area contributed by atoms with E-state index in [2.05, 4.69) is 43.8 Å². The van der Waals surface area contributed by atoms with Crippen LogP contribution in [0.5, 0.6) is 0 Å². The smallest absolute Gasteiger partial charge is 0.331 e. The highest BCUT2D eigenvalue weighted by molar-refractivity contribution is 5.97. The van der Waals surface area contributed by atoms with E-state index in [0.29, 0.717) is 36.9 Å². The Labute approximate surface area is 449 Å². The van der Waals surface area contributed by atoms with Gasteiger partial charge < -0.3 is 68.7 Å². The van der Waals surface area contributed by atoms with E-state index in [1.54, 1.807) is 41.0 Å². The number of hydrogen-bond acceptors (Lipinski definition) is 15. The Kier molecular flexibility index (Phi) is 24.6. The van der Waals surface area contributed by atoms with E-state index in [-0.39, 0.29) is 75.4 Å². The van der Waals surface area contributed by atoms with Crippen molar-refractivity contribution in [1.82, 2.24) is 47.0 Å². The van der Waals surface area contributed by atoms with Gasteiger partial charge >= 0.3 is 5.97 Å². The van der Waals surface area contributed by atoms with Crippen LogP contribution in [0.1, 0.15) is 119 Å². The van der Waals surface area contributed by atoms with E-state index in [1.165, 1.54) is 0 Å². The van der Waals surface area contributed by atoms with Crippen LogP contribution in [-0.2, 0) is 49.5 Å². The van der Waals surface area contributed by atoms with Crippen molar-refractivity contribution in [3.8, 4) is 0 Å². The zero-order valence-corrected chi connectivity index (χ0v) is 46.3. The highest BCUT2D eigenvalue weighted by Crippen LogP contribution is 2.33. The lowest BCUT2D eigenvalue weighted by atomic mass is 9.96. The second-order valence-electron chi connectivity index (χ2n) is 21.7. The number of amides is 7. The molecule has 0 radical (unpaired) electrons. The van der Waals surface area contributed by atoms with E-state index >= 15 is 0 Å². The molecule has 0 spiro atoms. The van der Waals surface area contributed by atoms with Gasteiger partial charge in [0.1, 0.15) is 42.5 Å². The number of esters is 1. The predicted molar refractivity (Wildman–Crippen MR) is 288 cm³/mol. The maximum absolute atomic E-state index is 14.8. The fourth-order valence-electron chi connectivity index (χ4n) is 10.1. The van der Waals surface area contributed by atoms with Crippen molar-refractivity contribution >= 4 is 47.3 Å². The van der Waals surface area contributed by atoms with Crippen LogP contribution in [0.3, 0.4) is 0 Å². The summed E-state index contributed by atoms with van der Waals surface area (Å²) in [6.45, 7) is 20.4. The van der Waals surface area contributed by atoms with E-state index in [1.807, 2.05) is 61.5 Å². The number of rotatable bonds is 16. The van der Waals surface area contributed by atoms with Gasteiger partial charge in [-0.25, -0.2) is 4.79 Å². The van der Waals surface area contributed by atoms with Gasteiger partial charge in [-0.2, -0.15) is 0 Å². The standard InChI is InChI=1S/C54H90N12O10/c1-11-31(7)43-27-44(68)58-36(18-21-55)49(70)64-46(32(8)12-2)52(73)59-37(19-22-56)48(69)61-39(26-35-16-14-13-15-17-35)50(71)62-40(24-29(3)4)53(74)66-41(20-23-57)47(66)63-45(30(5)6)51(72)60-38-25-33(9)65(34(38)10)42(28-67)54(75)76-43/h13-17,29-33,36-43,45-47,63,67H,10-12,18-28,55-57H2,1-9H3,(H,58,68)(H,59,73)(H,60,72)(H,61,69)(H,62,71)(H,64,70)/t31?,32-,33?,36?,37?,38?,39?,40?,41?,42?,43?,45?,46+,47+,66?/m1/s1. The molecule has 22 heteroatoms. The maximum atomic E-state index is 14.8. The summed E-state index contributed by atoms with van der Waals surface area (Å²) in [5.41, 5.74) is 19.1. The summed E-state index contributed by atoms with van der Waals surface area (Å²) in [6, 6.07) is -0.550. The van der Waals surface area contributed by atoms with Gasteiger partial charge in [0.15, 0.2) is 6.04 Å². The minimum absolute atomic E-state index is 0.0180. The van der Waals surface area contributed by atoms with Crippen molar-refractivity contribution < 1.29 is 48.2 Å². The molecule has 22 nitrogen and oxygen atoms in total. The van der Waals surface area contributed by atoms with Crippen LogP contribution in [-0.4, -0.2) is 161 Å². The minimum Gasteiger partial charge on any atom is -0.460 e. The molecule has 0 aliphatic carbocycles. The Morgan fingerprint density at radius 3 is 1.80 bits per heavy atom. The van der Waals surface area contributed by atoms with Crippen LogP contribution in [0.15, 0.2) is 42.6 Å². The summed E-state index contributed by atoms with van der Waals surface area (Å²) in [5.74, 6) is -6.25. The molecular formula is C54H90N12O10. The number of ether oxygens (including phenoxy) is 1. The van der Waals surface area contributed by atoms with Crippen molar-refractivity contribution in [2.75, 3.05) is 26.2 Å². The maximum Gasteiger partial charge on any atom is 0.331 e. The van der Waals surface area contributed by atoms with E-state index in [9.17, 15) is 43.5 Å². The van der Waals surface area contributed by atoms with Gasteiger partial charge in [-0.15, -0.1) is 0 Å². The van der Waals surface area contributed by atoms with E-state index in [4.69, 9.17) is 21.9 Å². The third kappa shape index (κ3) is 16.9. The second kappa shape index (κ2) is 29.7. The minimum atomic E-state index is -1.27. The molecule has 1 aromatic rings. The van der Waals surface area contributed by atoms with Gasteiger partial charge in [0.05, 0.1) is 31.2 Å². The van der Waals surface area contributed by atoms with E-state index < -0.39 is 127 Å². The van der Waals surface area contributed by atoms with Crippen molar-refractivity contribution in [3.05, 3.63) is 48.2 Å². The van der Waals surface area contributed by atoms with Crippen LogP contribution in [0.25, 0.3) is 0 Å². The first-order valence-electron chi connectivity index (χ1n) is 27.4. The van der Waals surface area contributed by atoms with Gasteiger partial charge in [-0.3, -0.25) is 38.9 Å². The molecule has 0 saturated carbocycles. The van der Waals surface area contributed by atoms with Crippen LogP contribution in [0, 0.1) is 23.7 Å². The lowest BCUT2D eigenvalue weighted by molar-refractivity contribution is -0.160. The Morgan fingerprint density at radius 1 is 0.684 bits per heavy atom. The van der Waals surface area contributed by atoms with Crippen molar-refractivity contribution in [1.29, 1.82) is 0 Å². The molecular weight excluding hydrogens is 977 g/mol. The number of carbonyl (C=O) groups is 8. The normalized spacial score (nSPS) is 30.1. The molecule has 14 N–H and O–H groups in total. The highest BCUT2D eigenvalue weighted by Gasteiger charge is 2.54. The molecule has 3 fully saturated rings. The van der Waals surface area contributed by atoms with Gasteiger partial charge in [0.2, 0.25) is 41.4 Å². The molecule has 14 atom stereocenters. The first-order chi connectivity index (χ1) is 36.0. The Morgan fingerprint density at radius 2 is 1.24 bits per heavy atom. The number of nitrogens with two attached hydrogens (primary N) is 3. The summed E-state index contributed by atoms with van der Waals surface area (Å²) in [4.78, 5) is 118. The Balaban J connectivity index is 1.80. The summed E-state index contributed by atoms with van der Waals surface area (Å²) in [7, 11) is 0. The zero-order valence-electron chi connectivity index (χ0n) is 46.3. The SMILES string of the molecule is C=C1C2CC(C)N1C(CO)C(=O)OC(C(C)CC)CC(=O)NC(CCN)C(=O)N[C@@H]([C@H](C)CC)C(=O)NC(CCN)C(=O)NC(Cc1ccccc1)C(=O)NC(CC(C)C)C(=O)N1C(CCN)[C@H]1NC(C(C)C)C(=O)N2. The third-order valence-electron chi connectivity index (χ3n) is 15.0. The fourth-order valence-corrected chi connectivity index (χ4v) is 10.1. The first kappa shape index (κ1) is 62.9. The van der Waals surface area contributed by atoms with Gasteiger partial charge in [-0.05, 0) is 87.9 Å². The van der Waals surface area contributed by atoms with E-state index in [0.717, 1.165) is 0 Å². The molecule has 3 heterocycles. The van der Waals surface area contributed by atoms with Gasteiger partial charge in [0, 0.05) is 18.2 Å². The zero-order chi connectivity index (χ0) is 56.6. The highest BCUT2D eigenvalue weighted by atomic mass is 16.5. The first-order valence-corrected chi connectivity index (χ1v) is 27.4. The molecule has 1 aromatic carbocycles. The predicted octanol–water partition coefficient (Wildman–Crippen LogP) is -0.242. The molecule has 0 aromatic heterocycles. The van der Waals surface area contributed by atoms with Crippen LogP contribution < -0.4 is 54.4 Å². The van der Waals surface area contributed by atoms with Crippen LogP contribution >= 0.6 is 0 Å². The fraction of sp³-hybridized carbons (Fsp3) is 0.704. The van der Waals surface area contributed by atoms with Crippen LogP contribution in [0.4, 0.5) is 0 Å². The monoisotopic (exact) mass is 1070 g/mol. The number of carbonyl (C=O) groups excluding carboxylic acids is 8. The summed E-state index contributed by atoms with van der Waals surface area (Å²) in [6.07, 6.45) is -0.150. The number of fused-ring (bicyclic) bond motifs is 3. The number of hydrogen-bond donors (Lipinski definition) is 11. The molecule has 7 amide bonds. The van der Waals surface area contributed by atoms with Crippen LogP contribution in [0.2, 0.25) is 0 Å². The van der Waals surface area contributed by atoms with Gasteiger partial charge in [0.25, 0.3) is 0 Å². The molecule has 11 unspecified atom stereocenters.